The fourth-order valence-electron chi connectivity index (χ4n) is 5.77. The molecule has 1 N–H and O–H groups in total. The lowest BCUT2D eigenvalue weighted by atomic mass is 10.00. The molecule has 0 saturated carbocycles. The number of nitrogens with zero attached hydrogens (tertiary/aromatic N) is 6. The first-order valence-electron chi connectivity index (χ1n) is 13.9. The monoisotopic (exact) mass is 533 g/mol. The Kier molecular flexibility index (Phi) is 6.94. The predicted molar refractivity (Wildman–Crippen MR) is 159 cm³/mol. The Labute approximate surface area is 234 Å². The minimum atomic E-state index is -0.380. The van der Waals surface area contributed by atoms with Crippen LogP contribution < -0.4 is 10.5 Å². The van der Waals surface area contributed by atoms with Gasteiger partial charge < -0.3 is 9.88 Å². The minimum Gasteiger partial charge on any atom is -0.369 e. The predicted octanol–water partition coefficient (Wildman–Crippen LogP) is 4.71. The summed E-state index contributed by atoms with van der Waals surface area (Å²) in [6.07, 6.45) is 0. The van der Waals surface area contributed by atoms with Gasteiger partial charge in [0.15, 0.2) is 5.82 Å². The molecule has 5 aromatic rings. The fraction of sp³-hybridized carbons (Fsp3) is 0.312. The maximum atomic E-state index is 13.7. The van der Waals surface area contributed by atoms with Crippen molar-refractivity contribution in [2.75, 3.05) is 31.1 Å². The van der Waals surface area contributed by atoms with Crippen LogP contribution in [0.3, 0.4) is 0 Å². The molecule has 3 aromatic carbocycles. The number of hydrogen-bond acceptors (Lipinski definition) is 6. The van der Waals surface area contributed by atoms with Crippen LogP contribution in [0.4, 0.5) is 5.69 Å². The van der Waals surface area contributed by atoms with Crippen LogP contribution in [-0.2, 0) is 6.54 Å². The van der Waals surface area contributed by atoms with E-state index in [-0.39, 0.29) is 11.6 Å². The summed E-state index contributed by atoms with van der Waals surface area (Å²) in [6, 6.07) is 22.5. The van der Waals surface area contributed by atoms with E-state index >= 15 is 0 Å². The normalized spacial score (nSPS) is 15.1. The Bertz CT molecular complexity index is 1720. The average Bonchev–Trinajstić information content (AvgIpc) is 3.40. The molecule has 1 fully saturated rings. The van der Waals surface area contributed by atoms with Gasteiger partial charge in [-0.15, -0.1) is 5.10 Å². The second kappa shape index (κ2) is 10.7. The summed E-state index contributed by atoms with van der Waals surface area (Å²) < 4.78 is 1.83. The highest BCUT2D eigenvalue weighted by atomic mass is 16.1. The van der Waals surface area contributed by atoms with Crippen molar-refractivity contribution in [2.24, 2.45) is 0 Å². The minimum absolute atomic E-state index is 0.105. The van der Waals surface area contributed by atoms with E-state index in [1.807, 2.05) is 35.0 Å². The molecule has 40 heavy (non-hydrogen) atoms. The van der Waals surface area contributed by atoms with Gasteiger partial charge in [0.05, 0.1) is 6.54 Å². The van der Waals surface area contributed by atoms with E-state index in [0.717, 1.165) is 48.2 Å². The van der Waals surface area contributed by atoms with Gasteiger partial charge in [-0.3, -0.25) is 9.69 Å². The number of aromatic amines is 1. The second-order valence-electron chi connectivity index (χ2n) is 10.9. The molecule has 8 heteroatoms. The lowest BCUT2D eigenvalue weighted by molar-refractivity contribution is 0.200. The van der Waals surface area contributed by atoms with Gasteiger partial charge in [-0.2, -0.15) is 0 Å². The zero-order valence-electron chi connectivity index (χ0n) is 23.6. The van der Waals surface area contributed by atoms with Crippen LogP contribution in [-0.4, -0.2) is 56.3 Å². The number of rotatable bonds is 6. The van der Waals surface area contributed by atoms with E-state index in [1.54, 1.807) is 0 Å². The molecule has 3 heterocycles. The molecule has 0 unspecified atom stereocenters. The number of aromatic nitrogens is 5. The van der Waals surface area contributed by atoms with Gasteiger partial charge in [0.2, 0.25) is 0 Å². The lowest BCUT2D eigenvalue weighted by Crippen LogP contribution is -2.49. The third kappa shape index (κ3) is 4.91. The summed E-state index contributed by atoms with van der Waals surface area (Å²) in [5, 5.41) is 14.0. The Hall–Kier alpha value is -4.30. The van der Waals surface area contributed by atoms with Gasteiger partial charge in [0.25, 0.3) is 5.56 Å². The molecule has 1 aliphatic heterocycles. The number of pyridine rings is 1. The second-order valence-corrected chi connectivity index (χ2v) is 10.9. The van der Waals surface area contributed by atoms with Crippen LogP contribution in [0.2, 0.25) is 0 Å². The van der Waals surface area contributed by atoms with E-state index in [9.17, 15) is 4.79 Å². The van der Waals surface area contributed by atoms with Crippen molar-refractivity contribution in [3.63, 3.8) is 0 Å². The van der Waals surface area contributed by atoms with Crippen LogP contribution in [0.15, 0.2) is 71.5 Å². The van der Waals surface area contributed by atoms with Crippen LogP contribution in [0, 0.1) is 27.7 Å². The number of anilines is 1. The van der Waals surface area contributed by atoms with Crippen LogP contribution in [0.5, 0.6) is 0 Å². The molecule has 204 valence electrons. The maximum absolute atomic E-state index is 13.7. The molecule has 0 spiro atoms. The first-order valence-corrected chi connectivity index (χ1v) is 13.9. The van der Waals surface area contributed by atoms with E-state index in [0.29, 0.717) is 17.9 Å². The van der Waals surface area contributed by atoms with Gasteiger partial charge in [0.1, 0.15) is 6.04 Å². The van der Waals surface area contributed by atoms with Crippen molar-refractivity contribution in [2.45, 2.75) is 40.3 Å². The number of nitrogens with one attached hydrogen (secondary N) is 1. The highest BCUT2D eigenvalue weighted by molar-refractivity contribution is 5.81. The Morgan fingerprint density at radius 2 is 1.60 bits per heavy atom. The van der Waals surface area contributed by atoms with Crippen molar-refractivity contribution in [1.29, 1.82) is 0 Å². The number of aryl methyl sites for hydroxylation is 3. The molecule has 1 saturated heterocycles. The van der Waals surface area contributed by atoms with Crippen molar-refractivity contribution in [3.8, 4) is 0 Å². The molecular formula is C32H35N7O. The molecule has 0 bridgehead atoms. The highest BCUT2D eigenvalue weighted by Crippen LogP contribution is 2.31. The number of fused-ring (bicyclic) bond motifs is 1. The smallest absolute Gasteiger partial charge is 0.253 e. The van der Waals surface area contributed by atoms with Crippen molar-refractivity contribution in [3.05, 3.63) is 116 Å². The van der Waals surface area contributed by atoms with Crippen LogP contribution >= 0.6 is 0 Å². The number of hydrogen-bond donors (Lipinski definition) is 1. The van der Waals surface area contributed by atoms with Crippen molar-refractivity contribution >= 4 is 16.6 Å². The largest absolute Gasteiger partial charge is 0.369 e. The molecule has 2 aromatic heterocycles. The zero-order chi connectivity index (χ0) is 27.8. The average molecular weight is 534 g/mol. The van der Waals surface area contributed by atoms with Crippen molar-refractivity contribution in [1.82, 2.24) is 30.1 Å². The fourth-order valence-corrected chi connectivity index (χ4v) is 5.77. The molecule has 1 aliphatic rings. The van der Waals surface area contributed by atoms with Gasteiger partial charge in [-0.1, -0.05) is 42.5 Å². The molecule has 0 amide bonds. The first kappa shape index (κ1) is 26.0. The summed E-state index contributed by atoms with van der Waals surface area (Å²) in [5.41, 5.74) is 8.75. The summed E-state index contributed by atoms with van der Waals surface area (Å²) >= 11 is 0. The lowest BCUT2D eigenvalue weighted by Gasteiger charge is -2.40. The SMILES string of the molecule is Cc1cc2cc([C@H](c3nnnn3Cc3ccccc3)N3CCN(c4cccc(C)c4C)CC3)c(=O)[nH]c2cc1C. The highest BCUT2D eigenvalue weighted by Gasteiger charge is 2.33. The van der Waals surface area contributed by atoms with E-state index in [1.165, 1.54) is 22.4 Å². The third-order valence-electron chi connectivity index (χ3n) is 8.36. The van der Waals surface area contributed by atoms with Gasteiger partial charge >= 0.3 is 0 Å². The Morgan fingerprint density at radius 3 is 2.38 bits per heavy atom. The standard InChI is InChI=1S/C32H35N7O/c1-21-9-8-12-29(24(21)4)37-13-15-38(16-14-37)30(31-34-35-36-39(31)20-25-10-6-5-7-11-25)27-19-26-17-22(2)23(3)18-28(26)33-32(27)40/h5-12,17-19,30H,13-16,20H2,1-4H3,(H,33,40)/t30-/m1/s1. The van der Waals surface area contributed by atoms with E-state index in [4.69, 9.17) is 0 Å². The zero-order valence-corrected chi connectivity index (χ0v) is 23.6. The van der Waals surface area contributed by atoms with Gasteiger partial charge in [-0.05, 0) is 95.6 Å². The Balaban J connectivity index is 1.40. The topological polar surface area (TPSA) is 82.9 Å². The van der Waals surface area contributed by atoms with Gasteiger partial charge in [0, 0.05) is 42.9 Å². The summed E-state index contributed by atoms with van der Waals surface area (Å²) in [4.78, 5) is 21.6. The van der Waals surface area contributed by atoms with Crippen molar-refractivity contribution < 1.29 is 0 Å². The van der Waals surface area contributed by atoms with E-state index < -0.39 is 0 Å². The molecule has 0 radical (unpaired) electrons. The summed E-state index contributed by atoms with van der Waals surface area (Å²) in [7, 11) is 0. The molecule has 1 atom stereocenters. The number of H-pyrrole nitrogens is 1. The summed E-state index contributed by atoms with van der Waals surface area (Å²) in [5.74, 6) is 0.678. The van der Waals surface area contributed by atoms with Gasteiger partial charge in [-0.25, -0.2) is 4.68 Å². The summed E-state index contributed by atoms with van der Waals surface area (Å²) in [6.45, 7) is 12.3. The first-order chi connectivity index (χ1) is 19.4. The quantitative estimate of drug-likeness (QED) is 0.341. The molecule has 6 rings (SSSR count). The number of tetrazole rings is 1. The Morgan fingerprint density at radius 1 is 0.850 bits per heavy atom. The molecule has 8 nitrogen and oxygen atoms in total. The van der Waals surface area contributed by atoms with E-state index in [2.05, 4.69) is 94.4 Å². The number of benzene rings is 3. The third-order valence-corrected chi connectivity index (χ3v) is 8.36. The molecule has 0 aliphatic carbocycles. The van der Waals surface area contributed by atoms with Crippen LogP contribution in [0.1, 0.15) is 45.2 Å². The maximum Gasteiger partial charge on any atom is 0.253 e. The molecular weight excluding hydrogens is 498 g/mol. The van der Waals surface area contributed by atoms with Crippen LogP contribution in [0.25, 0.3) is 10.9 Å². The number of piperazine rings is 1.